The number of nitro benzene ring substituents is 1. The number of non-ortho nitro benzene ring substituents is 1. The zero-order chi connectivity index (χ0) is 15.2. The molecule has 1 heterocycles. The minimum atomic E-state index is -0.631. The van der Waals surface area contributed by atoms with Crippen molar-refractivity contribution in [2.75, 3.05) is 0 Å². The number of carbonyl (C=O) groups excluding carboxylic acids is 1. The molecule has 0 saturated heterocycles. The molecule has 106 valence electrons. The third-order valence-electron chi connectivity index (χ3n) is 2.37. The average Bonchev–Trinajstić information content (AvgIpc) is 2.47. The Hall–Kier alpha value is -2.74. The summed E-state index contributed by atoms with van der Waals surface area (Å²) < 4.78 is 0. The summed E-state index contributed by atoms with van der Waals surface area (Å²) in [6.45, 7) is 0. The lowest BCUT2D eigenvalue weighted by Gasteiger charge is -2.04. The van der Waals surface area contributed by atoms with Gasteiger partial charge in [0.15, 0.2) is 5.16 Å². The van der Waals surface area contributed by atoms with Gasteiger partial charge in [0, 0.05) is 35.5 Å². The minimum Gasteiger partial charge on any atom is -0.366 e. The van der Waals surface area contributed by atoms with Crippen LogP contribution in [0.2, 0.25) is 0 Å². The number of aromatic nitrogens is 2. The molecule has 2 rings (SSSR count). The first kappa shape index (κ1) is 14.7. The van der Waals surface area contributed by atoms with Gasteiger partial charge in [0.1, 0.15) is 0 Å². The highest BCUT2D eigenvalue weighted by Crippen LogP contribution is 2.31. The quantitative estimate of drug-likeness (QED) is 0.391. The molecule has 21 heavy (non-hydrogen) atoms. The van der Waals surface area contributed by atoms with Crippen molar-refractivity contribution in [3.63, 3.8) is 0 Å². The highest BCUT2D eigenvalue weighted by Gasteiger charge is 2.11. The molecule has 0 atom stereocenters. The second-order valence-electron chi connectivity index (χ2n) is 3.85. The van der Waals surface area contributed by atoms with E-state index in [1.807, 2.05) is 0 Å². The Morgan fingerprint density at radius 1 is 1.33 bits per heavy atom. The highest BCUT2D eigenvalue weighted by molar-refractivity contribution is 7.99. The topological polar surface area (TPSA) is 112 Å². The van der Waals surface area contributed by atoms with Crippen LogP contribution in [-0.4, -0.2) is 20.8 Å². The van der Waals surface area contributed by atoms with Crippen molar-refractivity contribution in [3.8, 4) is 0 Å². The molecule has 0 aliphatic rings. The minimum absolute atomic E-state index is 0.0718. The molecule has 0 aliphatic heterocycles. The molecule has 1 aromatic heterocycles. The number of primary amides is 1. The summed E-state index contributed by atoms with van der Waals surface area (Å²) in [5, 5.41) is 11.3. The van der Waals surface area contributed by atoms with E-state index in [9.17, 15) is 14.9 Å². The molecule has 0 bridgehead atoms. The summed E-state index contributed by atoms with van der Waals surface area (Å²) in [7, 11) is 0. The van der Waals surface area contributed by atoms with Crippen LogP contribution in [0.4, 0.5) is 5.69 Å². The zero-order valence-electron chi connectivity index (χ0n) is 10.7. The number of nitrogens with two attached hydrogens (primary N) is 1. The maximum absolute atomic E-state index is 10.8. The Morgan fingerprint density at radius 2 is 2.05 bits per heavy atom. The summed E-state index contributed by atoms with van der Waals surface area (Å²) in [5.41, 5.74) is 5.48. The first-order chi connectivity index (χ1) is 10.1. The lowest BCUT2D eigenvalue weighted by molar-refractivity contribution is -0.384. The van der Waals surface area contributed by atoms with E-state index in [2.05, 4.69) is 9.97 Å². The van der Waals surface area contributed by atoms with Gasteiger partial charge in [0.05, 0.1) is 4.92 Å². The van der Waals surface area contributed by atoms with Crippen LogP contribution in [-0.2, 0) is 4.79 Å². The first-order valence-corrected chi connectivity index (χ1v) is 6.59. The molecule has 0 unspecified atom stereocenters. The van der Waals surface area contributed by atoms with Crippen LogP contribution in [0, 0.1) is 10.1 Å². The Kier molecular flexibility index (Phi) is 4.62. The molecule has 1 aromatic carbocycles. The predicted octanol–water partition coefficient (Wildman–Crippen LogP) is 2.03. The van der Waals surface area contributed by atoms with Crippen molar-refractivity contribution in [2.24, 2.45) is 5.73 Å². The molecule has 0 fully saturated rings. The molecule has 0 radical (unpaired) electrons. The molecule has 0 saturated carbocycles. The number of nitrogens with zero attached hydrogens (tertiary/aromatic N) is 3. The summed E-state index contributed by atoms with van der Waals surface area (Å²) in [6.07, 6.45) is 5.77. The van der Waals surface area contributed by atoms with Crippen LogP contribution in [0.5, 0.6) is 0 Å². The number of rotatable bonds is 5. The van der Waals surface area contributed by atoms with Crippen molar-refractivity contribution < 1.29 is 9.72 Å². The molecule has 2 aromatic rings. The van der Waals surface area contributed by atoms with Crippen molar-refractivity contribution >= 4 is 29.4 Å². The predicted molar refractivity (Wildman–Crippen MR) is 77.5 cm³/mol. The highest BCUT2D eigenvalue weighted by atomic mass is 32.2. The van der Waals surface area contributed by atoms with Gasteiger partial charge in [-0.15, -0.1) is 0 Å². The molecule has 8 heteroatoms. The van der Waals surface area contributed by atoms with Crippen molar-refractivity contribution in [2.45, 2.75) is 10.1 Å². The SMILES string of the molecule is NC(=O)/C=C/c1cc([N+](=O)[O-])ccc1Sc1ncccn1. The van der Waals surface area contributed by atoms with Crippen LogP contribution in [0.25, 0.3) is 6.08 Å². The number of nitro groups is 1. The van der Waals surface area contributed by atoms with Gasteiger partial charge < -0.3 is 5.73 Å². The van der Waals surface area contributed by atoms with E-state index in [0.717, 1.165) is 6.08 Å². The van der Waals surface area contributed by atoms with Gasteiger partial charge in [-0.2, -0.15) is 0 Å². The molecule has 1 amide bonds. The zero-order valence-corrected chi connectivity index (χ0v) is 11.5. The van der Waals surface area contributed by atoms with E-state index in [0.29, 0.717) is 15.6 Å². The molecule has 0 spiro atoms. The second-order valence-corrected chi connectivity index (χ2v) is 4.86. The smallest absolute Gasteiger partial charge is 0.270 e. The molecule has 2 N–H and O–H groups in total. The van der Waals surface area contributed by atoms with Gasteiger partial charge in [-0.3, -0.25) is 14.9 Å². The third-order valence-corrected chi connectivity index (χ3v) is 3.36. The summed E-state index contributed by atoms with van der Waals surface area (Å²) >= 11 is 1.24. The average molecular weight is 302 g/mol. The van der Waals surface area contributed by atoms with Gasteiger partial charge >= 0.3 is 0 Å². The van der Waals surface area contributed by atoms with Crippen molar-refractivity contribution in [3.05, 3.63) is 58.4 Å². The maximum Gasteiger partial charge on any atom is 0.270 e. The fourth-order valence-corrected chi connectivity index (χ4v) is 2.29. The lowest BCUT2D eigenvalue weighted by Crippen LogP contribution is -2.05. The number of carbonyl (C=O) groups is 1. The third kappa shape index (κ3) is 4.11. The Bertz CT molecular complexity index is 704. The van der Waals surface area contributed by atoms with Crippen molar-refractivity contribution in [1.29, 1.82) is 0 Å². The number of hydrogen-bond acceptors (Lipinski definition) is 6. The Labute approximate surface area is 124 Å². The number of amides is 1. The van der Waals surface area contributed by atoms with E-state index in [-0.39, 0.29) is 5.69 Å². The van der Waals surface area contributed by atoms with E-state index in [4.69, 9.17) is 5.73 Å². The number of benzene rings is 1. The van der Waals surface area contributed by atoms with Crippen molar-refractivity contribution in [1.82, 2.24) is 9.97 Å². The Balaban J connectivity index is 2.39. The van der Waals surface area contributed by atoms with Gasteiger partial charge in [0.2, 0.25) is 5.91 Å². The molecular weight excluding hydrogens is 292 g/mol. The first-order valence-electron chi connectivity index (χ1n) is 5.77. The van der Waals surface area contributed by atoms with Gasteiger partial charge in [-0.25, -0.2) is 9.97 Å². The normalized spacial score (nSPS) is 10.7. The monoisotopic (exact) mass is 302 g/mol. The van der Waals surface area contributed by atoms with E-state index in [1.54, 1.807) is 24.5 Å². The Morgan fingerprint density at radius 3 is 2.67 bits per heavy atom. The second kappa shape index (κ2) is 6.62. The summed E-state index contributed by atoms with van der Waals surface area (Å²) in [5.74, 6) is -0.631. The standard InChI is InChI=1S/C13H10N4O3S/c14-12(18)5-2-9-8-10(17(19)20)3-4-11(9)21-13-15-6-1-7-16-13/h1-8H,(H2,14,18)/b5-2+. The van der Waals surface area contributed by atoms with Gasteiger partial charge in [-0.05, 0) is 35.5 Å². The van der Waals surface area contributed by atoms with Crippen LogP contribution < -0.4 is 5.73 Å². The molecular formula is C13H10N4O3S. The fourth-order valence-electron chi connectivity index (χ4n) is 1.48. The van der Waals surface area contributed by atoms with E-state index < -0.39 is 10.8 Å². The van der Waals surface area contributed by atoms with Gasteiger partial charge in [-0.1, -0.05) is 0 Å². The largest absolute Gasteiger partial charge is 0.366 e. The summed E-state index contributed by atoms with van der Waals surface area (Å²) in [4.78, 5) is 30.0. The van der Waals surface area contributed by atoms with Crippen LogP contribution in [0.15, 0.2) is 52.8 Å². The summed E-state index contributed by atoms with van der Waals surface area (Å²) in [6, 6.07) is 6.02. The maximum atomic E-state index is 10.8. The fraction of sp³-hybridized carbons (Fsp3) is 0. The van der Waals surface area contributed by atoms with E-state index >= 15 is 0 Å². The van der Waals surface area contributed by atoms with Crippen LogP contribution >= 0.6 is 11.8 Å². The number of hydrogen-bond donors (Lipinski definition) is 1. The molecule has 7 nitrogen and oxygen atoms in total. The van der Waals surface area contributed by atoms with Crippen LogP contribution in [0.1, 0.15) is 5.56 Å². The molecule has 0 aliphatic carbocycles. The van der Waals surface area contributed by atoms with Crippen LogP contribution in [0.3, 0.4) is 0 Å². The van der Waals surface area contributed by atoms with E-state index in [1.165, 1.54) is 30.0 Å². The lowest BCUT2D eigenvalue weighted by atomic mass is 10.2. The van der Waals surface area contributed by atoms with Gasteiger partial charge in [0.25, 0.3) is 5.69 Å².